The standard InChI is InChI=1S/C32H29ClN4O4S/c1-4-5-6-15-41-22-11-7-10-20(16-22)27-25(28(38)26-19(3)36-14-8-9-18(2)30(36)35-26)29(39)31(40)37(27)32-34-23-13-12-21(33)17-24(23)42-32/h7-14,16-17,27,38H,4-6,15H2,1-3H3. The number of fused-ring (bicyclic) bond motifs is 2. The second kappa shape index (κ2) is 11.2. The quantitative estimate of drug-likeness (QED) is 0.0862. The van der Waals surface area contributed by atoms with Crippen LogP contribution in [0.4, 0.5) is 5.13 Å². The number of anilines is 1. The predicted molar refractivity (Wildman–Crippen MR) is 166 cm³/mol. The van der Waals surface area contributed by atoms with E-state index in [0.29, 0.717) is 44.9 Å². The van der Waals surface area contributed by atoms with Crippen LogP contribution in [0.3, 0.4) is 0 Å². The molecule has 10 heteroatoms. The summed E-state index contributed by atoms with van der Waals surface area (Å²) in [6, 6.07) is 15.4. The number of carbonyl (C=O) groups is 2. The molecule has 214 valence electrons. The van der Waals surface area contributed by atoms with E-state index in [9.17, 15) is 14.7 Å². The van der Waals surface area contributed by atoms with Crippen molar-refractivity contribution >= 4 is 61.4 Å². The number of amides is 1. The van der Waals surface area contributed by atoms with E-state index in [-0.39, 0.29) is 17.0 Å². The summed E-state index contributed by atoms with van der Waals surface area (Å²) in [5.41, 5.74) is 3.68. The smallest absolute Gasteiger partial charge is 0.301 e. The molecular weight excluding hydrogens is 572 g/mol. The fraction of sp³-hybridized carbons (Fsp3) is 0.250. The molecule has 1 amide bonds. The van der Waals surface area contributed by atoms with E-state index >= 15 is 0 Å². The van der Waals surface area contributed by atoms with Gasteiger partial charge in [0.25, 0.3) is 5.78 Å². The Morgan fingerprint density at radius 1 is 1.07 bits per heavy atom. The van der Waals surface area contributed by atoms with Crippen LogP contribution in [0.1, 0.15) is 54.7 Å². The van der Waals surface area contributed by atoms with E-state index in [1.807, 2.05) is 60.8 Å². The number of benzene rings is 2. The molecule has 0 spiro atoms. The number of nitrogens with zero attached hydrogens (tertiary/aromatic N) is 4. The van der Waals surface area contributed by atoms with E-state index in [0.717, 1.165) is 29.5 Å². The molecule has 0 aliphatic carbocycles. The lowest BCUT2D eigenvalue weighted by Crippen LogP contribution is -2.29. The monoisotopic (exact) mass is 600 g/mol. The molecule has 3 aromatic heterocycles. The number of hydrogen-bond acceptors (Lipinski definition) is 7. The zero-order chi connectivity index (χ0) is 29.5. The maximum atomic E-state index is 13.8. The molecule has 1 aliphatic rings. The molecule has 0 saturated carbocycles. The Hall–Kier alpha value is -4.21. The van der Waals surface area contributed by atoms with Gasteiger partial charge in [-0.25, -0.2) is 9.97 Å². The minimum absolute atomic E-state index is 0.0513. The first-order valence-corrected chi connectivity index (χ1v) is 15.0. The number of thiazole rings is 1. The van der Waals surface area contributed by atoms with E-state index in [1.54, 1.807) is 18.2 Å². The Labute approximate surface area is 251 Å². The predicted octanol–water partition coefficient (Wildman–Crippen LogP) is 7.41. The van der Waals surface area contributed by atoms with Gasteiger partial charge >= 0.3 is 5.91 Å². The third-order valence-corrected chi connectivity index (χ3v) is 8.74. The lowest BCUT2D eigenvalue weighted by Gasteiger charge is -2.23. The number of carbonyl (C=O) groups excluding carboxylic acids is 2. The van der Waals surface area contributed by atoms with E-state index < -0.39 is 17.7 Å². The molecule has 0 bridgehead atoms. The number of aromatic nitrogens is 3. The summed E-state index contributed by atoms with van der Waals surface area (Å²) in [4.78, 5) is 38.2. The molecular formula is C32H29ClN4O4S. The van der Waals surface area contributed by atoms with Gasteiger partial charge in [0, 0.05) is 11.2 Å². The number of ketones is 1. The molecule has 8 nitrogen and oxygen atoms in total. The molecule has 4 heterocycles. The number of aryl methyl sites for hydroxylation is 2. The van der Waals surface area contributed by atoms with Crippen molar-refractivity contribution in [2.24, 2.45) is 0 Å². The van der Waals surface area contributed by atoms with Gasteiger partial charge in [0.15, 0.2) is 10.9 Å². The third kappa shape index (κ3) is 4.82. The van der Waals surface area contributed by atoms with Crippen molar-refractivity contribution in [3.8, 4) is 5.75 Å². The number of imidazole rings is 1. The Morgan fingerprint density at radius 3 is 2.69 bits per heavy atom. The number of rotatable bonds is 8. The number of ether oxygens (including phenoxy) is 1. The Morgan fingerprint density at radius 2 is 1.90 bits per heavy atom. The fourth-order valence-electron chi connectivity index (χ4n) is 5.33. The largest absolute Gasteiger partial charge is 0.505 e. The zero-order valence-electron chi connectivity index (χ0n) is 23.4. The summed E-state index contributed by atoms with van der Waals surface area (Å²) in [5, 5.41) is 12.6. The highest BCUT2D eigenvalue weighted by Crippen LogP contribution is 2.45. The number of aliphatic hydroxyl groups excluding tert-OH is 1. The van der Waals surface area contributed by atoms with Crippen LogP contribution in [0.25, 0.3) is 21.6 Å². The SMILES string of the molecule is CCCCCOc1cccc(C2C(=C(O)c3nc4c(C)cccn4c3C)C(=O)C(=O)N2c2nc3ccc(Cl)cc3s2)c1. The third-order valence-electron chi connectivity index (χ3n) is 7.49. The van der Waals surface area contributed by atoms with Crippen LogP contribution >= 0.6 is 22.9 Å². The second-order valence-corrected chi connectivity index (χ2v) is 11.8. The number of aliphatic hydroxyl groups is 1. The topological polar surface area (TPSA) is 97.0 Å². The van der Waals surface area contributed by atoms with Crippen LogP contribution in [-0.2, 0) is 9.59 Å². The van der Waals surface area contributed by atoms with Crippen molar-refractivity contribution in [2.45, 2.75) is 46.1 Å². The van der Waals surface area contributed by atoms with Crippen LogP contribution in [-0.4, -0.2) is 37.8 Å². The lowest BCUT2D eigenvalue weighted by atomic mass is 9.96. The van der Waals surface area contributed by atoms with Gasteiger partial charge in [-0.2, -0.15) is 0 Å². The molecule has 1 aliphatic heterocycles. The van der Waals surface area contributed by atoms with Gasteiger partial charge < -0.3 is 14.2 Å². The molecule has 1 fully saturated rings. The highest BCUT2D eigenvalue weighted by Gasteiger charge is 2.48. The summed E-state index contributed by atoms with van der Waals surface area (Å²) in [6.07, 6.45) is 4.90. The first-order chi connectivity index (χ1) is 20.3. The van der Waals surface area contributed by atoms with Crippen LogP contribution in [0, 0.1) is 13.8 Å². The summed E-state index contributed by atoms with van der Waals surface area (Å²) in [6.45, 7) is 6.43. The summed E-state index contributed by atoms with van der Waals surface area (Å²) in [5.74, 6) is -1.31. The van der Waals surface area contributed by atoms with Crippen LogP contribution < -0.4 is 9.64 Å². The van der Waals surface area contributed by atoms with Crippen molar-refractivity contribution in [1.29, 1.82) is 0 Å². The van der Waals surface area contributed by atoms with Crippen molar-refractivity contribution < 1.29 is 19.4 Å². The highest BCUT2D eigenvalue weighted by molar-refractivity contribution is 7.22. The maximum Gasteiger partial charge on any atom is 0.301 e. The van der Waals surface area contributed by atoms with Crippen LogP contribution in [0.2, 0.25) is 5.02 Å². The molecule has 5 aromatic rings. The average Bonchev–Trinajstić information content (AvgIpc) is 3.63. The highest BCUT2D eigenvalue weighted by atomic mass is 35.5. The second-order valence-electron chi connectivity index (χ2n) is 10.3. The Balaban J connectivity index is 1.53. The van der Waals surface area contributed by atoms with Gasteiger partial charge in [-0.3, -0.25) is 14.5 Å². The van der Waals surface area contributed by atoms with Crippen molar-refractivity contribution in [1.82, 2.24) is 14.4 Å². The van der Waals surface area contributed by atoms with Crippen LogP contribution in [0.5, 0.6) is 5.75 Å². The maximum absolute atomic E-state index is 13.8. The molecule has 42 heavy (non-hydrogen) atoms. The van der Waals surface area contributed by atoms with E-state index in [4.69, 9.17) is 16.3 Å². The van der Waals surface area contributed by atoms with E-state index in [1.165, 1.54) is 16.2 Å². The number of halogens is 1. The Bertz CT molecular complexity index is 1890. The van der Waals surface area contributed by atoms with Gasteiger partial charge in [-0.15, -0.1) is 0 Å². The minimum atomic E-state index is -0.953. The average molecular weight is 601 g/mol. The van der Waals surface area contributed by atoms with Crippen molar-refractivity contribution in [2.75, 3.05) is 11.5 Å². The number of hydrogen-bond donors (Lipinski definition) is 1. The van der Waals surface area contributed by atoms with E-state index in [2.05, 4.69) is 16.9 Å². The van der Waals surface area contributed by atoms with Gasteiger partial charge in [-0.1, -0.05) is 60.9 Å². The Kier molecular flexibility index (Phi) is 7.47. The van der Waals surface area contributed by atoms with Crippen molar-refractivity contribution in [3.05, 3.63) is 93.9 Å². The summed E-state index contributed by atoms with van der Waals surface area (Å²) in [7, 11) is 0. The first kappa shape index (κ1) is 27.9. The van der Waals surface area contributed by atoms with Gasteiger partial charge in [-0.05, 0) is 67.8 Å². The fourth-order valence-corrected chi connectivity index (χ4v) is 6.59. The lowest BCUT2D eigenvalue weighted by molar-refractivity contribution is -0.132. The number of unbranched alkanes of at least 4 members (excludes halogenated alkanes) is 2. The van der Waals surface area contributed by atoms with Gasteiger partial charge in [0.1, 0.15) is 17.1 Å². The normalized spacial score (nSPS) is 16.7. The zero-order valence-corrected chi connectivity index (χ0v) is 25.0. The first-order valence-electron chi connectivity index (χ1n) is 13.8. The molecule has 2 aromatic carbocycles. The molecule has 6 rings (SSSR count). The molecule has 1 N–H and O–H groups in total. The molecule has 0 radical (unpaired) electrons. The van der Waals surface area contributed by atoms with Gasteiger partial charge in [0.2, 0.25) is 0 Å². The molecule has 1 atom stereocenters. The summed E-state index contributed by atoms with van der Waals surface area (Å²) < 4.78 is 8.64. The number of pyridine rings is 1. The molecule has 1 saturated heterocycles. The van der Waals surface area contributed by atoms with Gasteiger partial charge in [0.05, 0.1) is 34.1 Å². The number of Topliss-reactive ketones (excluding diaryl/α,β-unsaturated/α-hetero) is 1. The summed E-state index contributed by atoms with van der Waals surface area (Å²) >= 11 is 7.47. The minimum Gasteiger partial charge on any atom is -0.505 e. The van der Waals surface area contributed by atoms with Crippen molar-refractivity contribution in [3.63, 3.8) is 0 Å². The van der Waals surface area contributed by atoms with Crippen LogP contribution in [0.15, 0.2) is 66.4 Å². The molecule has 1 unspecified atom stereocenters.